The molecule has 4 nitrogen and oxygen atoms in total. The van der Waals surface area contributed by atoms with Crippen LogP contribution in [0.2, 0.25) is 0 Å². The molecule has 0 aromatic carbocycles. The van der Waals surface area contributed by atoms with Gasteiger partial charge in [-0.05, 0) is 51.4 Å². The van der Waals surface area contributed by atoms with Crippen molar-refractivity contribution in [3.63, 3.8) is 0 Å². The summed E-state index contributed by atoms with van der Waals surface area (Å²) >= 11 is 0. The van der Waals surface area contributed by atoms with E-state index in [4.69, 9.17) is 0 Å². The van der Waals surface area contributed by atoms with Gasteiger partial charge < -0.3 is 5.32 Å². The van der Waals surface area contributed by atoms with Gasteiger partial charge in [-0.25, -0.2) is 9.97 Å². The van der Waals surface area contributed by atoms with Crippen LogP contribution in [0.3, 0.4) is 0 Å². The van der Waals surface area contributed by atoms with E-state index >= 15 is 0 Å². The molecule has 1 unspecified atom stereocenters. The molecule has 1 aromatic rings. The highest BCUT2D eigenvalue weighted by Crippen LogP contribution is 2.13. The number of nitrogens with zero attached hydrogens (tertiary/aromatic N) is 3. The lowest BCUT2D eigenvalue weighted by Crippen LogP contribution is -2.38. The van der Waals surface area contributed by atoms with Crippen molar-refractivity contribution in [2.75, 3.05) is 26.2 Å². The average molecular weight is 248 g/mol. The second-order valence-corrected chi connectivity index (χ2v) is 5.14. The Morgan fingerprint density at radius 2 is 2.39 bits per heavy atom. The molecule has 1 aliphatic rings. The van der Waals surface area contributed by atoms with Gasteiger partial charge in [0, 0.05) is 19.3 Å². The summed E-state index contributed by atoms with van der Waals surface area (Å²) in [6.45, 7) is 9.73. The Labute approximate surface area is 110 Å². The van der Waals surface area contributed by atoms with Crippen molar-refractivity contribution in [3.8, 4) is 0 Å². The molecule has 2 rings (SSSR count). The summed E-state index contributed by atoms with van der Waals surface area (Å²) in [7, 11) is 0. The second kappa shape index (κ2) is 6.81. The maximum absolute atomic E-state index is 4.49. The lowest BCUT2D eigenvalue weighted by atomic mass is 9.99. The molecule has 1 aromatic heterocycles. The van der Waals surface area contributed by atoms with Crippen LogP contribution < -0.4 is 5.32 Å². The van der Waals surface area contributed by atoms with Gasteiger partial charge in [0.1, 0.15) is 5.82 Å². The highest BCUT2D eigenvalue weighted by molar-refractivity contribution is 5.01. The Morgan fingerprint density at radius 3 is 3.06 bits per heavy atom. The Morgan fingerprint density at radius 1 is 1.50 bits per heavy atom. The topological polar surface area (TPSA) is 41.1 Å². The summed E-state index contributed by atoms with van der Waals surface area (Å²) in [5.74, 6) is 1.66. The van der Waals surface area contributed by atoms with E-state index in [-0.39, 0.29) is 0 Å². The maximum atomic E-state index is 4.49. The molecule has 1 aliphatic heterocycles. The van der Waals surface area contributed by atoms with E-state index < -0.39 is 0 Å². The fourth-order valence-electron chi connectivity index (χ4n) is 2.57. The van der Waals surface area contributed by atoms with E-state index in [2.05, 4.69) is 27.1 Å². The van der Waals surface area contributed by atoms with Crippen LogP contribution in [0, 0.1) is 12.8 Å². The van der Waals surface area contributed by atoms with Crippen LogP contribution in [-0.2, 0) is 6.54 Å². The van der Waals surface area contributed by atoms with E-state index in [9.17, 15) is 0 Å². The Hall–Kier alpha value is -1.00. The first-order valence-corrected chi connectivity index (χ1v) is 6.99. The van der Waals surface area contributed by atoms with Crippen LogP contribution in [0.15, 0.2) is 12.3 Å². The average Bonchev–Trinajstić information content (AvgIpc) is 2.39. The Kier molecular flexibility index (Phi) is 5.08. The van der Waals surface area contributed by atoms with Crippen molar-refractivity contribution in [3.05, 3.63) is 23.8 Å². The minimum Gasteiger partial charge on any atom is -0.316 e. The highest BCUT2D eigenvalue weighted by atomic mass is 15.1. The monoisotopic (exact) mass is 248 g/mol. The first-order valence-electron chi connectivity index (χ1n) is 6.99. The van der Waals surface area contributed by atoms with Gasteiger partial charge in [-0.2, -0.15) is 0 Å². The van der Waals surface area contributed by atoms with Crippen molar-refractivity contribution in [1.82, 2.24) is 20.2 Å². The molecule has 1 N–H and O–H groups in total. The van der Waals surface area contributed by atoms with Crippen molar-refractivity contribution < 1.29 is 0 Å². The molecule has 0 saturated carbocycles. The molecular formula is C14H24N4. The van der Waals surface area contributed by atoms with Crippen LogP contribution in [0.25, 0.3) is 0 Å². The van der Waals surface area contributed by atoms with Gasteiger partial charge in [-0.3, -0.25) is 4.90 Å². The second-order valence-electron chi connectivity index (χ2n) is 5.14. The number of hydrogen-bond donors (Lipinski definition) is 1. The van der Waals surface area contributed by atoms with Gasteiger partial charge in [0.25, 0.3) is 0 Å². The SMILES string of the molecule is CCN(Cc1ccnc(C)n1)CC1CCCNC1. The zero-order valence-corrected chi connectivity index (χ0v) is 11.5. The van der Waals surface area contributed by atoms with Crippen molar-refractivity contribution in [1.29, 1.82) is 0 Å². The molecule has 0 spiro atoms. The van der Waals surface area contributed by atoms with E-state index in [1.165, 1.54) is 32.5 Å². The molecule has 0 amide bonds. The molecule has 1 saturated heterocycles. The molecule has 4 heteroatoms. The fourth-order valence-corrected chi connectivity index (χ4v) is 2.57. The van der Waals surface area contributed by atoms with Crippen molar-refractivity contribution in [2.45, 2.75) is 33.2 Å². The first-order chi connectivity index (χ1) is 8.78. The standard InChI is InChI=1S/C14H24N4/c1-3-18(10-13-5-4-7-15-9-13)11-14-6-8-16-12(2)17-14/h6,8,13,15H,3-5,7,9-11H2,1-2H3. The lowest BCUT2D eigenvalue weighted by molar-refractivity contribution is 0.207. The van der Waals surface area contributed by atoms with Crippen LogP contribution in [0.5, 0.6) is 0 Å². The molecule has 1 atom stereocenters. The van der Waals surface area contributed by atoms with E-state index in [0.717, 1.165) is 30.5 Å². The van der Waals surface area contributed by atoms with Crippen LogP contribution in [-0.4, -0.2) is 41.0 Å². The van der Waals surface area contributed by atoms with Gasteiger partial charge in [0.2, 0.25) is 0 Å². The highest BCUT2D eigenvalue weighted by Gasteiger charge is 2.16. The molecule has 18 heavy (non-hydrogen) atoms. The van der Waals surface area contributed by atoms with Crippen LogP contribution >= 0.6 is 0 Å². The van der Waals surface area contributed by atoms with E-state index in [0.29, 0.717) is 0 Å². The van der Waals surface area contributed by atoms with Crippen LogP contribution in [0.1, 0.15) is 31.3 Å². The molecule has 0 radical (unpaired) electrons. The summed E-state index contributed by atoms with van der Waals surface area (Å²) in [6.07, 6.45) is 4.52. The van der Waals surface area contributed by atoms with E-state index in [1.807, 2.05) is 19.2 Å². The number of rotatable bonds is 5. The minimum absolute atomic E-state index is 0.793. The van der Waals surface area contributed by atoms with Gasteiger partial charge in [0.05, 0.1) is 5.69 Å². The predicted molar refractivity (Wildman–Crippen MR) is 73.3 cm³/mol. The summed E-state index contributed by atoms with van der Waals surface area (Å²) in [6, 6.07) is 2.02. The summed E-state index contributed by atoms with van der Waals surface area (Å²) in [5.41, 5.74) is 1.13. The predicted octanol–water partition coefficient (Wildman–Crippen LogP) is 1.61. The third-order valence-corrected chi connectivity index (χ3v) is 3.58. The van der Waals surface area contributed by atoms with Gasteiger partial charge in [-0.1, -0.05) is 6.92 Å². The number of nitrogens with one attached hydrogen (secondary N) is 1. The minimum atomic E-state index is 0.793. The first kappa shape index (κ1) is 13.4. The van der Waals surface area contributed by atoms with Gasteiger partial charge in [0.15, 0.2) is 0 Å². The Balaban J connectivity index is 1.88. The number of hydrogen-bond acceptors (Lipinski definition) is 4. The zero-order chi connectivity index (χ0) is 12.8. The van der Waals surface area contributed by atoms with Crippen LogP contribution in [0.4, 0.5) is 0 Å². The molecule has 2 heterocycles. The maximum Gasteiger partial charge on any atom is 0.125 e. The largest absolute Gasteiger partial charge is 0.316 e. The fraction of sp³-hybridized carbons (Fsp3) is 0.714. The molecule has 1 fully saturated rings. The summed E-state index contributed by atoms with van der Waals surface area (Å²) in [5, 5.41) is 3.48. The summed E-state index contributed by atoms with van der Waals surface area (Å²) in [4.78, 5) is 11.1. The molecule has 0 bridgehead atoms. The number of aryl methyl sites for hydroxylation is 1. The van der Waals surface area contributed by atoms with E-state index in [1.54, 1.807) is 0 Å². The molecular weight excluding hydrogens is 224 g/mol. The normalized spacial score (nSPS) is 20.3. The third-order valence-electron chi connectivity index (χ3n) is 3.58. The molecule has 100 valence electrons. The van der Waals surface area contributed by atoms with Gasteiger partial charge in [-0.15, -0.1) is 0 Å². The summed E-state index contributed by atoms with van der Waals surface area (Å²) < 4.78 is 0. The smallest absolute Gasteiger partial charge is 0.125 e. The Bertz CT molecular complexity index is 361. The third kappa shape index (κ3) is 4.03. The number of aromatic nitrogens is 2. The molecule has 0 aliphatic carbocycles. The van der Waals surface area contributed by atoms with Gasteiger partial charge >= 0.3 is 0 Å². The zero-order valence-electron chi connectivity index (χ0n) is 11.5. The quantitative estimate of drug-likeness (QED) is 0.859. The van der Waals surface area contributed by atoms with Crippen molar-refractivity contribution in [2.24, 2.45) is 5.92 Å². The van der Waals surface area contributed by atoms with Crippen molar-refractivity contribution >= 4 is 0 Å². The number of piperidine rings is 1. The lowest BCUT2D eigenvalue weighted by Gasteiger charge is -2.29.